The van der Waals surface area contributed by atoms with Crippen LogP contribution >= 0.6 is 9.24 Å². The Morgan fingerprint density at radius 2 is 1.04 bits per heavy atom. The quantitative estimate of drug-likeness (QED) is 0.0169. The summed E-state index contributed by atoms with van der Waals surface area (Å²) >= 11 is 0. The van der Waals surface area contributed by atoms with Gasteiger partial charge in [0.1, 0.15) is 36.3 Å². The molecule has 1 saturated carbocycles. The molecule has 0 saturated heterocycles. The zero-order chi connectivity index (χ0) is 70.5. The van der Waals surface area contributed by atoms with Gasteiger partial charge in [0.25, 0.3) is 0 Å². The molecular weight excluding hydrogens is 1190 g/mol. The number of ether oxygens (including phenoxy) is 5. The maximum Gasteiger partial charge on any atom is 0.164 e. The highest BCUT2D eigenvalue weighted by Crippen LogP contribution is 2.31. The van der Waals surface area contributed by atoms with Crippen molar-refractivity contribution < 1.29 is 68.9 Å². The Hall–Kier alpha value is -4.34. The molecule has 4 aromatic carbocycles. The number of allylic oxidation sites excluding steroid dienone is 1. The molecule has 0 spiro atoms. The lowest BCUT2D eigenvalue weighted by Gasteiger charge is -2.23. The van der Waals surface area contributed by atoms with Crippen molar-refractivity contribution in [2.75, 3.05) is 85.4 Å². The SMILES string of the molecule is CC(C)C(C)CO.CC(CP)CC1=Cc2ccccc2C1.CC1CCC(CO)CC1.CCC(C)CO.CCCC(C)CO.CCCCC(C)CO.CCCCOc1cccc(CO)c1.CCCOc1cc(F)ccc1OCCO.CCCOc1cccc(OCCO)c1. The molecule has 2 aliphatic rings. The fourth-order valence-electron chi connectivity index (χ4n) is 8.28. The largest absolute Gasteiger partial charge is 0.494 e. The first-order chi connectivity index (χ1) is 44.7. The van der Waals surface area contributed by atoms with E-state index < -0.39 is 0 Å². The van der Waals surface area contributed by atoms with Crippen molar-refractivity contribution >= 4 is 15.3 Å². The normalized spacial score (nSPS) is 14.8. The molecule has 6 rings (SSSR count). The van der Waals surface area contributed by atoms with E-state index in [0.717, 1.165) is 79.8 Å². The molecule has 538 valence electrons. The van der Waals surface area contributed by atoms with Crippen LogP contribution in [-0.4, -0.2) is 126 Å². The topological polar surface area (TPSA) is 208 Å². The Bertz CT molecular complexity index is 2250. The molecule has 0 heterocycles. The van der Waals surface area contributed by atoms with Crippen LogP contribution in [-0.2, 0) is 13.0 Å². The second-order valence-corrected chi connectivity index (χ2v) is 25.5. The molecule has 0 aromatic heterocycles. The fourth-order valence-corrected chi connectivity index (χ4v) is 8.45. The maximum absolute atomic E-state index is 12.9. The van der Waals surface area contributed by atoms with E-state index in [0.29, 0.717) is 99.9 Å². The van der Waals surface area contributed by atoms with Crippen LogP contribution in [0.4, 0.5) is 4.39 Å². The first-order valence-electron chi connectivity index (χ1n) is 35.2. The third-order valence-electron chi connectivity index (χ3n) is 15.3. The van der Waals surface area contributed by atoms with Crippen molar-refractivity contribution in [2.24, 2.45) is 47.3 Å². The number of hydrogen-bond donors (Lipinski definition) is 8. The lowest BCUT2D eigenvalue weighted by atomic mass is 9.84. The predicted molar refractivity (Wildman–Crippen MR) is 392 cm³/mol. The number of halogens is 1. The van der Waals surface area contributed by atoms with E-state index in [1.54, 1.807) is 5.57 Å². The summed E-state index contributed by atoms with van der Waals surface area (Å²) in [5.41, 5.74) is 5.42. The Morgan fingerprint density at radius 1 is 0.505 bits per heavy atom. The summed E-state index contributed by atoms with van der Waals surface area (Å²) in [5.74, 6) is 7.76. The van der Waals surface area contributed by atoms with Crippen LogP contribution in [0.5, 0.6) is 28.7 Å². The molecule has 6 atom stereocenters. The van der Waals surface area contributed by atoms with Gasteiger partial charge >= 0.3 is 0 Å². The molecule has 0 amide bonds. The maximum atomic E-state index is 12.9. The van der Waals surface area contributed by atoms with Gasteiger partial charge < -0.3 is 64.5 Å². The van der Waals surface area contributed by atoms with E-state index in [1.165, 1.54) is 99.7 Å². The summed E-state index contributed by atoms with van der Waals surface area (Å²) in [5, 5.41) is 68.7. The Balaban J connectivity index is -0.000000998. The van der Waals surface area contributed by atoms with Crippen molar-refractivity contribution in [1.29, 1.82) is 0 Å². The molecule has 93 heavy (non-hydrogen) atoms. The minimum Gasteiger partial charge on any atom is -0.494 e. The summed E-state index contributed by atoms with van der Waals surface area (Å²) in [6, 6.07) is 27.8. The van der Waals surface area contributed by atoms with Gasteiger partial charge in [-0.25, -0.2) is 4.39 Å². The molecule has 0 radical (unpaired) electrons. The molecule has 1 fully saturated rings. The zero-order valence-corrected chi connectivity index (χ0v) is 61.8. The van der Waals surface area contributed by atoms with Gasteiger partial charge in [-0.2, -0.15) is 0 Å². The predicted octanol–water partition coefficient (Wildman–Crippen LogP) is 17.0. The monoisotopic (exact) mass is 1330 g/mol. The first kappa shape index (κ1) is 92.8. The molecule has 8 N–H and O–H groups in total. The molecule has 15 heteroatoms. The van der Waals surface area contributed by atoms with Crippen molar-refractivity contribution in [3.63, 3.8) is 0 Å². The average Bonchev–Trinajstić information content (AvgIpc) is 2.04. The number of rotatable bonds is 32. The van der Waals surface area contributed by atoms with E-state index in [1.807, 2.05) is 69.3 Å². The molecule has 2 aliphatic carbocycles. The summed E-state index contributed by atoms with van der Waals surface area (Å²) < 4.78 is 39.6. The lowest BCUT2D eigenvalue weighted by molar-refractivity contribution is 0.172. The summed E-state index contributed by atoms with van der Waals surface area (Å²) in [6.45, 7) is 33.8. The first-order valence-corrected chi connectivity index (χ1v) is 36.0. The van der Waals surface area contributed by atoms with Crippen LogP contribution < -0.4 is 23.7 Å². The number of hydrogen-bond acceptors (Lipinski definition) is 13. The van der Waals surface area contributed by atoms with Gasteiger partial charge in [-0.3, -0.25) is 0 Å². The van der Waals surface area contributed by atoms with Crippen LogP contribution in [0.2, 0.25) is 0 Å². The second-order valence-electron chi connectivity index (χ2n) is 25.1. The van der Waals surface area contributed by atoms with Gasteiger partial charge in [-0.1, -0.05) is 196 Å². The van der Waals surface area contributed by atoms with Gasteiger partial charge in [0.05, 0.1) is 39.6 Å². The zero-order valence-electron chi connectivity index (χ0n) is 60.6. The van der Waals surface area contributed by atoms with Crippen molar-refractivity contribution in [1.82, 2.24) is 0 Å². The van der Waals surface area contributed by atoms with E-state index >= 15 is 0 Å². The number of benzene rings is 4. The van der Waals surface area contributed by atoms with Gasteiger partial charge in [0, 0.05) is 45.2 Å². The Kier molecular flexibility index (Phi) is 64.9. The Labute approximate surface area is 568 Å². The second kappa shape index (κ2) is 65.0. The van der Waals surface area contributed by atoms with Crippen molar-refractivity contribution in [2.45, 2.75) is 206 Å². The van der Waals surface area contributed by atoms with Gasteiger partial charge in [0.2, 0.25) is 0 Å². The van der Waals surface area contributed by atoms with E-state index in [4.69, 9.17) is 64.5 Å². The summed E-state index contributed by atoms with van der Waals surface area (Å²) in [7, 11) is 2.83. The third-order valence-corrected chi connectivity index (χ3v) is 16.1. The minimum atomic E-state index is -0.363. The molecule has 0 aliphatic heterocycles. The highest BCUT2D eigenvalue weighted by atomic mass is 31.0. The smallest absolute Gasteiger partial charge is 0.164 e. The fraction of sp³-hybridized carbons (Fsp3) is 0.667. The standard InChI is InChI=1S/C13H17P.C11H15FO3.C11H16O3.C11H16O2.C8H16O.C7H16O.2C6H14O.C5H12O/c1-10(9-14)6-11-7-12-4-2-3-5-13(12)8-11;1-2-6-14-11-8-9(12)3-4-10(11)15-7-5-13;1-2-7-13-10-4-3-5-11(9-10)14-8-6-12;1-2-3-7-13-11-6-4-5-10(8-11)9-12;1-7-2-4-8(6-9)5-3-7;1-3-4-5-7(2)6-8;1-5(2)6(3)4-7;1-3-4-6(2)5-7;1-3-5(2)4-6/h2-5,7,10H,6,8-9,14H2,1H3;3-4,8,13H,2,5-7H2,1H3;3-5,9,12H,2,6-8H2,1H3;4-6,8,12H,2-3,7,9H2,1H3;7-9H,2-6H2,1H3;7-8H,3-6H2,1-2H3;5-7H,4H2,1-3H3;6-7H,3-5H2,1-2H3;5-6H,3-4H2,1-2H3. The number of fused-ring (bicyclic) bond motifs is 1. The van der Waals surface area contributed by atoms with E-state index in [9.17, 15) is 4.39 Å². The van der Waals surface area contributed by atoms with Gasteiger partial charge in [0.15, 0.2) is 11.5 Å². The molecule has 6 unspecified atom stereocenters. The van der Waals surface area contributed by atoms with Gasteiger partial charge in [-0.05, 0) is 164 Å². The van der Waals surface area contributed by atoms with Crippen molar-refractivity contribution in [3.05, 3.63) is 119 Å². The van der Waals surface area contributed by atoms with Crippen molar-refractivity contribution in [3.8, 4) is 28.7 Å². The van der Waals surface area contributed by atoms with Crippen LogP contribution in [0.15, 0.2) is 96.6 Å². The van der Waals surface area contributed by atoms with E-state index in [-0.39, 0.29) is 32.2 Å². The summed E-state index contributed by atoms with van der Waals surface area (Å²) in [4.78, 5) is 0. The molecule has 4 aromatic rings. The number of unbranched alkanes of at least 4 members (excludes halogenated alkanes) is 2. The average molecular weight is 1330 g/mol. The number of aliphatic hydroxyl groups is 8. The van der Waals surface area contributed by atoms with Crippen LogP contribution in [0.25, 0.3) is 6.08 Å². The van der Waals surface area contributed by atoms with Crippen LogP contribution in [0.3, 0.4) is 0 Å². The molecule has 0 bridgehead atoms. The minimum absolute atomic E-state index is 0.0278. The Morgan fingerprint density at radius 3 is 1.52 bits per heavy atom. The van der Waals surface area contributed by atoms with Crippen LogP contribution in [0, 0.1) is 53.2 Å². The lowest BCUT2D eigenvalue weighted by Crippen LogP contribution is -2.14. The molecule has 13 nitrogen and oxygen atoms in total. The highest BCUT2D eigenvalue weighted by Gasteiger charge is 2.17. The third kappa shape index (κ3) is 53.5. The molecular formula is C78H136FO13P. The highest BCUT2D eigenvalue weighted by molar-refractivity contribution is 7.16. The number of aliphatic hydroxyl groups excluding tert-OH is 8. The van der Waals surface area contributed by atoms with Crippen LogP contribution in [0.1, 0.15) is 210 Å². The van der Waals surface area contributed by atoms with E-state index in [2.05, 4.69) is 116 Å². The summed E-state index contributed by atoms with van der Waals surface area (Å²) in [6.07, 6.45) is 22.3. The van der Waals surface area contributed by atoms with Gasteiger partial charge in [-0.15, -0.1) is 9.24 Å².